The molecule has 1 N–H and O–H groups in total. The molecule has 0 spiro atoms. The van der Waals surface area contributed by atoms with Crippen LogP contribution in [0, 0.1) is 0 Å². The average Bonchev–Trinajstić information content (AvgIpc) is 3.24. The van der Waals surface area contributed by atoms with Gasteiger partial charge in [0.25, 0.3) is 5.91 Å². The smallest absolute Gasteiger partial charge is 0.261 e. The van der Waals surface area contributed by atoms with Crippen molar-refractivity contribution in [3.05, 3.63) is 51.2 Å². The molecule has 1 aromatic carbocycles. The third-order valence-electron chi connectivity index (χ3n) is 5.54. The standard InChI is InChI=1S/C22H27NO2S/c24-22(23-19-8-3-1-2-4-9-19)21-12-16(15-26-21)14-25-20-11-10-17-6-5-7-18(17)13-20/h10-13,15,19H,1-9,14H2,(H,23,24). The lowest BCUT2D eigenvalue weighted by Crippen LogP contribution is -2.33. The first kappa shape index (κ1) is 17.6. The van der Waals surface area contributed by atoms with Crippen LogP contribution in [0.3, 0.4) is 0 Å². The van der Waals surface area contributed by atoms with Gasteiger partial charge in [-0.1, -0.05) is 31.7 Å². The fourth-order valence-corrected chi connectivity index (χ4v) is 4.86. The summed E-state index contributed by atoms with van der Waals surface area (Å²) >= 11 is 1.51. The van der Waals surface area contributed by atoms with E-state index < -0.39 is 0 Å². The van der Waals surface area contributed by atoms with Gasteiger partial charge in [-0.3, -0.25) is 4.79 Å². The molecule has 1 saturated carbocycles. The molecule has 2 aliphatic rings. The number of benzene rings is 1. The Morgan fingerprint density at radius 1 is 1.04 bits per heavy atom. The monoisotopic (exact) mass is 369 g/mol. The number of nitrogens with one attached hydrogen (secondary N) is 1. The Hall–Kier alpha value is -1.81. The van der Waals surface area contributed by atoms with Crippen LogP contribution in [-0.2, 0) is 19.4 Å². The van der Waals surface area contributed by atoms with Crippen molar-refractivity contribution < 1.29 is 9.53 Å². The summed E-state index contributed by atoms with van der Waals surface area (Å²) in [7, 11) is 0. The summed E-state index contributed by atoms with van der Waals surface area (Å²) in [5.41, 5.74) is 3.96. The second-order valence-corrected chi connectivity index (χ2v) is 8.47. The molecule has 0 unspecified atom stereocenters. The van der Waals surface area contributed by atoms with Gasteiger partial charge in [-0.2, -0.15) is 0 Å². The van der Waals surface area contributed by atoms with Crippen LogP contribution in [0.15, 0.2) is 29.6 Å². The highest BCUT2D eigenvalue weighted by Crippen LogP contribution is 2.27. The zero-order valence-corrected chi connectivity index (χ0v) is 16.1. The summed E-state index contributed by atoms with van der Waals surface area (Å²) in [6.07, 6.45) is 10.9. The van der Waals surface area contributed by atoms with Gasteiger partial charge in [0, 0.05) is 11.6 Å². The Morgan fingerprint density at radius 2 is 1.85 bits per heavy atom. The van der Waals surface area contributed by atoms with Gasteiger partial charge in [-0.25, -0.2) is 0 Å². The van der Waals surface area contributed by atoms with Crippen LogP contribution in [0.4, 0.5) is 0 Å². The highest BCUT2D eigenvalue weighted by atomic mass is 32.1. The second-order valence-electron chi connectivity index (χ2n) is 7.55. The van der Waals surface area contributed by atoms with E-state index >= 15 is 0 Å². The molecule has 0 aliphatic heterocycles. The lowest BCUT2D eigenvalue weighted by atomic mass is 10.1. The van der Waals surface area contributed by atoms with Crippen LogP contribution in [0.1, 0.15) is 71.3 Å². The van der Waals surface area contributed by atoms with Gasteiger partial charge >= 0.3 is 0 Å². The number of ether oxygens (including phenoxy) is 1. The summed E-state index contributed by atoms with van der Waals surface area (Å²) < 4.78 is 5.95. The number of thiophene rings is 1. The van der Waals surface area contributed by atoms with Gasteiger partial charge in [-0.05, 0) is 66.8 Å². The number of carbonyl (C=O) groups is 1. The molecule has 1 fully saturated rings. The minimum absolute atomic E-state index is 0.0747. The minimum Gasteiger partial charge on any atom is -0.489 e. The molecule has 138 valence electrons. The van der Waals surface area contributed by atoms with Crippen molar-refractivity contribution in [2.75, 3.05) is 0 Å². The molecule has 2 aliphatic carbocycles. The number of amides is 1. The number of aryl methyl sites for hydroxylation is 2. The summed E-state index contributed by atoms with van der Waals surface area (Å²) in [6.45, 7) is 0.520. The topological polar surface area (TPSA) is 38.3 Å². The molecule has 4 heteroatoms. The van der Waals surface area contributed by atoms with Gasteiger partial charge in [0.2, 0.25) is 0 Å². The quantitative estimate of drug-likeness (QED) is 0.729. The SMILES string of the molecule is O=C(NC1CCCCCC1)c1cc(COc2ccc3c(c2)CCC3)cs1. The number of rotatable bonds is 5. The van der Waals surface area contributed by atoms with Crippen LogP contribution in [0.25, 0.3) is 0 Å². The van der Waals surface area contributed by atoms with Crippen molar-refractivity contribution >= 4 is 17.2 Å². The molecule has 4 rings (SSSR count). The van der Waals surface area contributed by atoms with Crippen LogP contribution in [0.5, 0.6) is 5.75 Å². The van der Waals surface area contributed by atoms with Gasteiger partial charge in [-0.15, -0.1) is 11.3 Å². The zero-order chi connectivity index (χ0) is 17.8. The molecule has 0 atom stereocenters. The normalized spacial score (nSPS) is 17.5. The lowest BCUT2D eigenvalue weighted by Gasteiger charge is -2.15. The maximum atomic E-state index is 12.5. The molecule has 1 aromatic heterocycles. The Labute approximate surface area is 159 Å². The van der Waals surface area contributed by atoms with Crippen molar-refractivity contribution in [1.82, 2.24) is 5.32 Å². The van der Waals surface area contributed by atoms with E-state index in [2.05, 4.69) is 23.5 Å². The second kappa shape index (κ2) is 8.26. The van der Waals surface area contributed by atoms with E-state index in [1.54, 1.807) is 0 Å². The van der Waals surface area contributed by atoms with E-state index in [0.29, 0.717) is 12.6 Å². The largest absolute Gasteiger partial charge is 0.489 e. The fraction of sp³-hybridized carbons (Fsp3) is 0.500. The molecule has 3 nitrogen and oxygen atoms in total. The third-order valence-corrected chi connectivity index (χ3v) is 6.52. The van der Waals surface area contributed by atoms with E-state index in [1.807, 2.05) is 11.4 Å². The summed E-state index contributed by atoms with van der Waals surface area (Å²) in [5.74, 6) is 1.01. The van der Waals surface area contributed by atoms with Crippen molar-refractivity contribution in [1.29, 1.82) is 0 Å². The molecule has 2 aromatic rings. The Morgan fingerprint density at radius 3 is 2.69 bits per heavy atom. The van der Waals surface area contributed by atoms with Gasteiger partial charge in [0.1, 0.15) is 12.4 Å². The highest BCUT2D eigenvalue weighted by Gasteiger charge is 2.17. The van der Waals surface area contributed by atoms with E-state index in [9.17, 15) is 4.79 Å². The molecular formula is C22H27NO2S. The minimum atomic E-state index is 0.0747. The van der Waals surface area contributed by atoms with Crippen LogP contribution in [0.2, 0.25) is 0 Å². The molecular weight excluding hydrogens is 342 g/mol. The summed E-state index contributed by atoms with van der Waals surface area (Å²) in [6, 6.07) is 8.75. The van der Waals surface area contributed by atoms with Gasteiger partial charge < -0.3 is 10.1 Å². The zero-order valence-electron chi connectivity index (χ0n) is 15.3. The fourth-order valence-electron chi connectivity index (χ4n) is 4.06. The molecule has 1 amide bonds. The predicted octanol–water partition coefficient (Wildman–Crippen LogP) is 5.27. The van der Waals surface area contributed by atoms with Crippen molar-refractivity contribution in [3.63, 3.8) is 0 Å². The number of fused-ring (bicyclic) bond motifs is 1. The maximum Gasteiger partial charge on any atom is 0.261 e. The van der Waals surface area contributed by atoms with E-state index in [0.717, 1.165) is 35.5 Å². The molecule has 0 radical (unpaired) electrons. The number of hydrogen-bond acceptors (Lipinski definition) is 3. The maximum absolute atomic E-state index is 12.5. The Bertz CT molecular complexity index is 759. The van der Waals surface area contributed by atoms with Crippen LogP contribution < -0.4 is 10.1 Å². The Kier molecular flexibility index (Phi) is 5.59. The van der Waals surface area contributed by atoms with Crippen molar-refractivity contribution in [3.8, 4) is 5.75 Å². The van der Waals surface area contributed by atoms with Gasteiger partial charge in [0.05, 0.1) is 4.88 Å². The Balaban J connectivity index is 1.31. The predicted molar refractivity (Wildman–Crippen MR) is 106 cm³/mol. The van der Waals surface area contributed by atoms with E-state index in [-0.39, 0.29) is 5.91 Å². The number of hydrogen-bond donors (Lipinski definition) is 1. The van der Waals surface area contributed by atoms with Crippen LogP contribution in [-0.4, -0.2) is 11.9 Å². The third kappa shape index (κ3) is 4.29. The average molecular weight is 370 g/mol. The molecule has 26 heavy (non-hydrogen) atoms. The van der Waals surface area contributed by atoms with Crippen LogP contribution >= 0.6 is 11.3 Å². The summed E-state index contributed by atoms with van der Waals surface area (Å²) in [4.78, 5) is 13.3. The highest BCUT2D eigenvalue weighted by molar-refractivity contribution is 7.12. The van der Waals surface area contributed by atoms with Crippen molar-refractivity contribution in [2.45, 2.75) is 70.4 Å². The van der Waals surface area contributed by atoms with E-state index in [1.165, 1.54) is 61.0 Å². The van der Waals surface area contributed by atoms with Gasteiger partial charge in [0.15, 0.2) is 0 Å². The summed E-state index contributed by atoms with van der Waals surface area (Å²) in [5, 5.41) is 5.26. The number of carbonyl (C=O) groups excluding carboxylic acids is 1. The molecule has 0 bridgehead atoms. The first-order chi connectivity index (χ1) is 12.8. The van der Waals surface area contributed by atoms with E-state index in [4.69, 9.17) is 4.74 Å². The first-order valence-corrected chi connectivity index (χ1v) is 10.8. The molecule has 1 heterocycles. The first-order valence-electron chi connectivity index (χ1n) is 9.91. The van der Waals surface area contributed by atoms with Crippen molar-refractivity contribution in [2.24, 2.45) is 0 Å². The molecule has 0 saturated heterocycles. The lowest BCUT2D eigenvalue weighted by molar-refractivity contribution is 0.0937.